The maximum absolute atomic E-state index is 13.0. The number of nitrogens with one attached hydrogen (secondary N) is 1. The highest BCUT2D eigenvalue weighted by molar-refractivity contribution is 9.10. The van der Waals surface area contributed by atoms with Gasteiger partial charge in [-0.2, -0.15) is 9.40 Å². The molecule has 5 nitrogen and oxygen atoms in total. The van der Waals surface area contributed by atoms with Gasteiger partial charge in [-0.1, -0.05) is 0 Å². The van der Waals surface area contributed by atoms with E-state index in [4.69, 9.17) is 0 Å². The molecule has 0 aliphatic heterocycles. The van der Waals surface area contributed by atoms with E-state index in [1.54, 1.807) is 12.4 Å². The number of nitrogens with zero attached hydrogens (tertiary/aromatic N) is 2. The highest BCUT2D eigenvalue weighted by atomic mass is 79.9. The lowest BCUT2D eigenvalue weighted by Gasteiger charge is -2.17. The van der Waals surface area contributed by atoms with Crippen molar-refractivity contribution in [3.63, 3.8) is 0 Å². The molecule has 0 spiro atoms. The molecule has 19 heavy (non-hydrogen) atoms. The summed E-state index contributed by atoms with van der Waals surface area (Å²) in [6, 6.07) is 3.47. The maximum atomic E-state index is 13.0. The van der Waals surface area contributed by atoms with Crippen LogP contribution >= 0.6 is 15.9 Å². The van der Waals surface area contributed by atoms with E-state index < -0.39 is 15.8 Å². The molecule has 0 unspecified atom stereocenters. The fraction of sp³-hybridized carbons (Fsp3) is 0.182. The molecule has 0 aliphatic rings. The van der Waals surface area contributed by atoms with Crippen LogP contribution in [-0.2, 0) is 16.6 Å². The molecule has 0 amide bonds. The highest BCUT2D eigenvalue weighted by Gasteiger charge is 2.23. The fourth-order valence-corrected chi connectivity index (χ4v) is 3.72. The molecule has 0 saturated heterocycles. The Morgan fingerprint density at radius 1 is 1.47 bits per heavy atom. The van der Waals surface area contributed by atoms with Gasteiger partial charge in [-0.3, -0.25) is 5.10 Å². The van der Waals surface area contributed by atoms with Crippen LogP contribution in [-0.4, -0.2) is 30.0 Å². The minimum atomic E-state index is -3.68. The van der Waals surface area contributed by atoms with Crippen LogP contribution in [0.2, 0.25) is 0 Å². The first-order valence-corrected chi connectivity index (χ1v) is 7.53. The quantitative estimate of drug-likeness (QED) is 0.921. The molecule has 102 valence electrons. The smallest absolute Gasteiger partial charge is 0.244 e. The van der Waals surface area contributed by atoms with Gasteiger partial charge in [0.05, 0.1) is 11.1 Å². The van der Waals surface area contributed by atoms with Crippen molar-refractivity contribution in [2.45, 2.75) is 11.4 Å². The van der Waals surface area contributed by atoms with Crippen LogP contribution in [0.25, 0.3) is 0 Å². The minimum absolute atomic E-state index is 0.0277. The van der Waals surface area contributed by atoms with Gasteiger partial charge < -0.3 is 0 Å². The van der Waals surface area contributed by atoms with Gasteiger partial charge in [-0.15, -0.1) is 0 Å². The second-order valence-electron chi connectivity index (χ2n) is 3.94. The van der Waals surface area contributed by atoms with Crippen LogP contribution in [0.3, 0.4) is 0 Å². The summed E-state index contributed by atoms with van der Waals surface area (Å²) in [5, 5.41) is 6.37. The molecular formula is C11H11BrFN3O2S. The minimum Gasteiger partial charge on any atom is -0.285 e. The van der Waals surface area contributed by atoms with Gasteiger partial charge in [-0.25, -0.2) is 12.8 Å². The predicted octanol–water partition coefficient (Wildman–Crippen LogP) is 2.13. The molecule has 0 fully saturated rings. The Hall–Kier alpha value is -1.25. The van der Waals surface area contributed by atoms with Gasteiger partial charge in [0, 0.05) is 29.8 Å². The van der Waals surface area contributed by atoms with Crippen molar-refractivity contribution >= 4 is 26.0 Å². The Morgan fingerprint density at radius 2 is 2.21 bits per heavy atom. The summed E-state index contributed by atoms with van der Waals surface area (Å²) in [6.07, 6.45) is 3.16. The molecule has 1 aromatic carbocycles. The van der Waals surface area contributed by atoms with Crippen LogP contribution in [0.1, 0.15) is 5.56 Å². The first kappa shape index (κ1) is 14.2. The number of halogens is 2. The molecule has 0 bridgehead atoms. The number of hydrogen-bond donors (Lipinski definition) is 1. The van der Waals surface area contributed by atoms with Crippen molar-refractivity contribution in [3.05, 3.63) is 46.4 Å². The normalized spacial score (nSPS) is 12.0. The van der Waals surface area contributed by atoms with Gasteiger partial charge in [0.15, 0.2) is 0 Å². The van der Waals surface area contributed by atoms with Gasteiger partial charge >= 0.3 is 0 Å². The zero-order valence-corrected chi connectivity index (χ0v) is 12.4. The van der Waals surface area contributed by atoms with Crippen molar-refractivity contribution in [3.8, 4) is 0 Å². The van der Waals surface area contributed by atoms with Crippen LogP contribution in [0, 0.1) is 5.82 Å². The van der Waals surface area contributed by atoms with Crippen molar-refractivity contribution in [2.24, 2.45) is 0 Å². The zero-order chi connectivity index (χ0) is 14.0. The number of aromatic nitrogens is 2. The molecule has 0 atom stereocenters. The van der Waals surface area contributed by atoms with E-state index in [1.165, 1.54) is 17.4 Å². The van der Waals surface area contributed by atoms with Crippen molar-refractivity contribution in [1.29, 1.82) is 0 Å². The van der Waals surface area contributed by atoms with E-state index in [2.05, 4.69) is 26.1 Å². The topological polar surface area (TPSA) is 66.1 Å². The number of benzene rings is 1. The van der Waals surface area contributed by atoms with Crippen molar-refractivity contribution in [1.82, 2.24) is 14.5 Å². The molecule has 0 radical (unpaired) electrons. The van der Waals surface area contributed by atoms with E-state index in [0.29, 0.717) is 0 Å². The van der Waals surface area contributed by atoms with Gasteiger partial charge in [-0.05, 0) is 34.1 Å². The summed E-state index contributed by atoms with van der Waals surface area (Å²) in [6.45, 7) is 0.183. The number of aromatic amines is 1. The third kappa shape index (κ3) is 3.02. The van der Waals surface area contributed by atoms with E-state index in [0.717, 1.165) is 17.7 Å². The number of H-pyrrole nitrogens is 1. The number of sulfonamides is 1. The molecule has 1 N–H and O–H groups in total. The summed E-state index contributed by atoms with van der Waals surface area (Å²) < 4.78 is 39.0. The Balaban J connectivity index is 2.31. The largest absolute Gasteiger partial charge is 0.285 e. The first-order chi connectivity index (χ1) is 8.91. The summed E-state index contributed by atoms with van der Waals surface area (Å²) in [5.41, 5.74) is 0.740. The van der Waals surface area contributed by atoms with Crippen LogP contribution < -0.4 is 0 Å². The number of hydrogen-bond acceptors (Lipinski definition) is 3. The zero-order valence-electron chi connectivity index (χ0n) is 9.97. The molecule has 8 heteroatoms. The van der Waals surface area contributed by atoms with Gasteiger partial charge in [0.2, 0.25) is 10.0 Å². The molecule has 1 heterocycles. The Morgan fingerprint density at radius 3 is 2.79 bits per heavy atom. The number of rotatable bonds is 4. The molecular weight excluding hydrogens is 337 g/mol. The Bertz CT molecular complexity index is 673. The fourth-order valence-electron chi connectivity index (χ4n) is 1.56. The van der Waals surface area contributed by atoms with Crippen molar-refractivity contribution < 1.29 is 12.8 Å². The van der Waals surface area contributed by atoms with E-state index in [1.807, 2.05) is 0 Å². The molecule has 1 aromatic heterocycles. The highest BCUT2D eigenvalue weighted by Crippen LogP contribution is 2.25. The second kappa shape index (κ2) is 5.40. The summed E-state index contributed by atoms with van der Waals surface area (Å²) in [7, 11) is -2.23. The molecule has 0 saturated carbocycles. The molecule has 2 rings (SSSR count). The van der Waals surface area contributed by atoms with Crippen LogP contribution in [0.15, 0.2) is 40.0 Å². The SMILES string of the molecule is CN(Cc1cn[nH]c1)S(=O)(=O)c1ccc(F)cc1Br. The van der Waals surface area contributed by atoms with E-state index in [-0.39, 0.29) is 15.9 Å². The van der Waals surface area contributed by atoms with E-state index in [9.17, 15) is 12.8 Å². The average Bonchev–Trinajstić information content (AvgIpc) is 2.81. The lowest BCUT2D eigenvalue weighted by Crippen LogP contribution is -2.26. The summed E-state index contributed by atoms with van der Waals surface area (Å²) >= 11 is 3.06. The predicted molar refractivity (Wildman–Crippen MR) is 71.3 cm³/mol. The Labute approximate surface area is 118 Å². The molecule has 0 aliphatic carbocycles. The van der Waals surface area contributed by atoms with E-state index >= 15 is 0 Å². The average molecular weight is 348 g/mol. The summed E-state index contributed by atoms with van der Waals surface area (Å²) in [4.78, 5) is 0.0277. The first-order valence-electron chi connectivity index (χ1n) is 5.30. The van der Waals surface area contributed by atoms with Crippen LogP contribution in [0.4, 0.5) is 4.39 Å². The third-order valence-corrected chi connectivity index (χ3v) is 5.32. The van der Waals surface area contributed by atoms with Gasteiger partial charge in [0.25, 0.3) is 0 Å². The summed E-state index contributed by atoms with van der Waals surface area (Å²) in [5.74, 6) is -0.497. The lowest BCUT2D eigenvalue weighted by atomic mass is 10.3. The second-order valence-corrected chi connectivity index (χ2v) is 6.81. The van der Waals surface area contributed by atoms with Crippen molar-refractivity contribution in [2.75, 3.05) is 7.05 Å². The Kier molecular flexibility index (Phi) is 4.02. The third-order valence-electron chi connectivity index (χ3n) is 2.54. The lowest BCUT2D eigenvalue weighted by molar-refractivity contribution is 0.466. The van der Waals surface area contributed by atoms with Crippen LogP contribution in [0.5, 0.6) is 0 Å². The maximum Gasteiger partial charge on any atom is 0.244 e. The monoisotopic (exact) mass is 347 g/mol. The molecule has 2 aromatic rings. The standard InChI is InChI=1S/C11H11BrFN3O2S/c1-16(7-8-5-14-15-6-8)19(17,18)11-3-2-9(13)4-10(11)12/h2-6H,7H2,1H3,(H,14,15). The van der Waals surface area contributed by atoms with Gasteiger partial charge in [0.1, 0.15) is 5.82 Å².